The van der Waals surface area contributed by atoms with Crippen LogP contribution in [0.1, 0.15) is 28.1 Å². The second-order valence-corrected chi connectivity index (χ2v) is 7.62. The number of rotatable bonds is 4. The third-order valence-corrected chi connectivity index (χ3v) is 5.19. The molecular formula is C21H22ClFN4S. The highest BCUT2D eigenvalue weighted by molar-refractivity contribution is 7.80. The summed E-state index contributed by atoms with van der Waals surface area (Å²) < 4.78 is 15.9. The predicted octanol–water partition coefficient (Wildman–Crippen LogP) is 5.77. The van der Waals surface area contributed by atoms with Crippen LogP contribution < -0.4 is 10.6 Å². The number of hydrogen-bond acceptors (Lipinski definition) is 2. The molecule has 3 rings (SSSR count). The molecule has 0 saturated heterocycles. The van der Waals surface area contributed by atoms with Crippen molar-refractivity contribution in [2.45, 2.75) is 34.2 Å². The summed E-state index contributed by atoms with van der Waals surface area (Å²) in [5.74, 6) is -0.346. The van der Waals surface area contributed by atoms with Crippen molar-refractivity contribution in [1.82, 2.24) is 9.78 Å². The van der Waals surface area contributed by atoms with Gasteiger partial charge in [-0.15, -0.1) is 0 Å². The van der Waals surface area contributed by atoms with Crippen LogP contribution in [0.25, 0.3) is 0 Å². The Balaban J connectivity index is 1.80. The molecule has 2 aromatic carbocycles. The molecule has 0 fully saturated rings. The molecule has 0 unspecified atom stereocenters. The number of aromatic nitrogens is 2. The highest BCUT2D eigenvalue weighted by Gasteiger charge is 2.16. The van der Waals surface area contributed by atoms with Gasteiger partial charge in [0.2, 0.25) is 0 Å². The van der Waals surface area contributed by atoms with Crippen molar-refractivity contribution in [1.29, 1.82) is 0 Å². The fourth-order valence-corrected chi connectivity index (χ4v) is 3.44. The van der Waals surface area contributed by atoms with E-state index < -0.39 is 0 Å². The first-order valence-corrected chi connectivity index (χ1v) is 9.67. The summed E-state index contributed by atoms with van der Waals surface area (Å²) in [5, 5.41) is 11.8. The Hall–Kier alpha value is -2.44. The molecule has 0 aliphatic carbocycles. The van der Waals surface area contributed by atoms with Gasteiger partial charge in [-0.3, -0.25) is 4.68 Å². The Labute approximate surface area is 174 Å². The van der Waals surface area contributed by atoms with E-state index in [0.29, 0.717) is 15.7 Å². The van der Waals surface area contributed by atoms with Gasteiger partial charge in [0.1, 0.15) is 5.82 Å². The third-order valence-electron chi connectivity index (χ3n) is 4.63. The van der Waals surface area contributed by atoms with E-state index in [1.165, 1.54) is 6.07 Å². The summed E-state index contributed by atoms with van der Waals surface area (Å²) in [4.78, 5) is 0. The summed E-state index contributed by atoms with van der Waals surface area (Å²) in [6, 6.07) is 10.8. The van der Waals surface area contributed by atoms with Crippen LogP contribution >= 0.6 is 23.8 Å². The van der Waals surface area contributed by atoms with Crippen molar-refractivity contribution in [2.24, 2.45) is 0 Å². The molecule has 0 amide bonds. The minimum Gasteiger partial charge on any atom is -0.332 e. The summed E-state index contributed by atoms with van der Waals surface area (Å²) in [5.41, 5.74) is 6.05. The Morgan fingerprint density at radius 3 is 2.61 bits per heavy atom. The fourth-order valence-electron chi connectivity index (χ4n) is 3.00. The van der Waals surface area contributed by atoms with Crippen LogP contribution in [0.3, 0.4) is 0 Å². The number of anilines is 2. The highest BCUT2D eigenvalue weighted by Crippen LogP contribution is 2.25. The summed E-state index contributed by atoms with van der Waals surface area (Å²) in [6.07, 6.45) is 0. The molecule has 0 atom stereocenters. The van der Waals surface area contributed by atoms with Gasteiger partial charge >= 0.3 is 0 Å². The Morgan fingerprint density at radius 1 is 1.14 bits per heavy atom. The largest absolute Gasteiger partial charge is 0.332 e. The molecule has 146 valence electrons. The topological polar surface area (TPSA) is 41.9 Å². The molecule has 3 aromatic rings. The smallest absolute Gasteiger partial charge is 0.175 e. The maximum atomic E-state index is 14.1. The number of nitrogens with one attached hydrogen (secondary N) is 2. The van der Waals surface area contributed by atoms with Gasteiger partial charge in [-0.05, 0) is 69.2 Å². The Morgan fingerprint density at radius 2 is 1.89 bits per heavy atom. The van der Waals surface area contributed by atoms with Crippen molar-refractivity contribution >= 4 is 40.3 Å². The molecule has 0 radical (unpaired) electrons. The molecule has 0 aliphatic heterocycles. The monoisotopic (exact) mass is 416 g/mol. The molecule has 7 heteroatoms. The van der Waals surface area contributed by atoms with Crippen LogP contribution in [0.5, 0.6) is 0 Å². The van der Waals surface area contributed by atoms with E-state index in [4.69, 9.17) is 23.8 Å². The summed E-state index contributed by atoms with van der Waals surface area (Å²) in [6.45, 7) is 8.11. The van der Waals surface area contributed by atoms with E-state index >= 15 is 0 Å². The number of halogens is 2. The van der Waals surface area contributed by atoms with Gasteiger partial charge in [0.15, 0.2) is 5.11 Å². The van der Waals surface area contributed by atoms with Crippen molar-refractivity contribution in [3.05, 3.63) is 75.3 Å². The molecule has 1 heterocycles. The van der Waals surface area contributed by atoms with Gasteiger partial charge in [-0.2, -0.15) is 5.10 Å². The van der Waals surface area contributed by atoms with Crippen molar-refractivity contribution in [3.63, 3.8) is 0 Å². The second kappa shape index (κ2) is 8.29. The number of benzene rings is 2. The minimum absolute atomic E-state index is 0.247. The van der Waals surface area contributed by atoms with E-state index in [-0.39, 0.29) is 12.4 Å². The highest BCUT2D eigenvalue weighted by atomic mass is 35.5. The Kier molecular flexibility index (Phi) is 6.01. The quantitative estimate of drug-likeness (QED) is 0.530. The van der Waals surface area contributed by atoms with E-state index in [1.807, 2.05) is 39.8 Å². The van der Waals surface area contributed by atoms with Crippen LogP contribution in [-0.2, 0) is 6.54 Å². The maximum absolute atomic E-state index is 14.1. The first kappa shape index (κ1) is 20.3. The molecule has 2 N–H and O–H groups in total. The van der Waals surface area contributed by atoms with Crippen molar-refractivity contribution < 1.29 is 4.39 Å². The Bertz CT molecular complexity index is 1020. The molecule has 28 heavy (non-hydrogen) atoms. The lowest BCUT2D eigenvalue weighted by Crippen LogP contribution is -2.20. The van der Waals surface area contributed by atoms with Crippen molar-refractivity contribution in [2.75, 3.05) is 10.6 Å². The van der Waals surface area contributed by atoms with Gasteiger partial charge in [-0.1, -0.05) is 29.8 Å². The average molecular weight is 417 g/mol. The molecule has 0 aliphatic rings. The van der Waals surface area contributed by atoms with E-state index in [9.17, 15) is 4.39 Å². The number of nitrogens with zero attached hydrogens (tertiary/aromatic N) is 2. The second-order valence-electron chi connectivity index (χ2n) is 6.80. The van der Waals surface area contributed by atoms with Crippen molar-refractivity contribution in [3.8, 4) is 0 Å². The molecule has 0 bridgehead atoms. The molecular weight excluding hydrogens is 395 g/mol. The van der Waals surface area contributed by atoms with Gasteiger partial charge in [0.05, 0.1) is 23.6 Å². The summed E-state index contributed by atoms with van der Waals surface area (Å²) >= 11 is 11.6. The van der Waals surface area contributed by atoms with Gasteiger partial charge in [-0.25, -0.2) is 4.39 Å². The zero-order chi connectivity index (χ0) is 20.4. The lowest BCUT2D eigenvalue weighted by Gasteiger charge is -2.14. The third kappa shape index (κ3) is 4.34. The fraction of sp³-hybridized carbons (Fsp3) is 0.238. The zero-order valence-electron chi connectivity index (χ0n) is 16.2. The SMILES string of the molecule is Cc1ccc(C)c(NC(=S)Nc2c(C)nn(Cc3c(F)cccc3Cl)c2C)c1. The predicted molar refractivity (Wildman–Crippen MR) is 118 cm³/mol. The number of thiocarbonyl (C=S) groups is 1. The van der Waals surface area contributed by atoms with Crippen LogP contribution in [0.4, 0.5) is 15.8 Å². The first-order valence-electron chi connectivity index (χ1n) is 8.88. The average Bonchev–Trinajstić information content (AvgIpc) is 2.89. The number of aryl methyl sites for hydroxylation is 3. The normalized spacial score (nSPS) is 10.8. The van der Waals surface area contributed by atoms with Crippen LogP contribution in [-0.4, -0.2) is 14.9 Å². The molecule has 0 saturated carbocycles. The van der Waals surface area contributed by atoms with Crippen LogP contribution in [0.2, 0.25) is 5.02 Å². The van der Waals surface area contributed by atoms with E-state index in [0.717, 1.165) is 33.9 Å². The van der Waals surface area contributed by atoms with Gasteiger partial charge in [0.25, 0.3) is 0 Å². The standard InChI is InChI=1S/C21H22ClFN4S/c1-12-8-9-13(2)19(10-12)24-21(28)25-20-14(3)26-27(15(20)4)11-16-17(22)6-5-7-18(16)23/h5-10H,11H2,1-4H3,(H2,24,25,28). The first-order chi connectivity index (χ1) is 13.3. The summed E-state index contributed by atoms with van der Waals surface area (Å²) in [7, 11) is 0. The lowest BCUT2D eigenvalue weighted by atomic mass is 10.1. The number of hydrogen-bond donors (Lipinski definition) is 2. The van der Waals surface area contributed by atoms with E-state index in [1.54, 1.807) is 16.8 Å². The van der Waals surface area contributed by atoms with Crippen LogP contribution in [0, 0.1) is 33.5 Å². The minimum atomic E-state index is -0.346. The zero-order valence-corrected chi connectivity index (χ0v) is 17.8. The molecule has 1 aromatic heterocycles. The maximum Gasteiger partial charge on any atom is 0.175 e. The van der Waals surface area contributed by atoms with Gasteiger partial charge < -0.3 is 10.6 Å². The lowest BCUT2D eigenvalue weighted by molar-refractivity contribution is 0.579. The molecule has 4 nitrogen and oxygen atoms in total. The van der Waals surface area contributed by atoms with Gasteiger partial charge in [0, 0.05) is 16.3 Å². The van der Waals surface area contributed by atoms with Crippen LogP contribution in [0.15, 0.2) is 36.4 Å². The molecule has 0 spiro atoms. The van der Waals surface area contributed by atoms with E-state index in [2.05, 4.69) is 21.8 Å².